The number of anilines is 1. The smallest absolute Gasteiger partial charge is 0.184 e. The Balaban J connectivity index is 1.53. The van der Waals surface area contributed by atoms with Crippen LogP contribution in [0.25, 0.3) is 21.5 Å². The molecule has 170 valence electrons. The van der Waals surface area contributed by atoms with E-state index in [9.17, 15) is 0 Å². The highest BCUT2D eigenvalue weighted by molar-refractivity contribution is 7.17. The minimum absolute atomic E-state index is 0.000583. The van der Waals surface area contributed by atoms with Gasteiger partial charge in [0.25, 0.3) is 0 Å². The molecule has 3 heterocycles. The Bertz CT molecular complexity index is 1290. The Morgan fingerprint density at radius 1 is 1.18 bits per heavy atom. The first-order chi connectivity index (χ1) is 16.1. The number of oxime groups is 1. The molecule has 4 N–H and O–H groups in total. The van der Waals surface area contributed by atoms with E-state index in [0.717, 1.165) is 33.5 Å². The van der Waals surface area contributed by atoms with Crippen molar-refractivity contribution in [2.75, 3.05) is 25.6 Å². The fourth-order valence-corrected chi connectivity index (χ4v) is 4.50. The molecular formula is C23H24N6O3S. The summed E-state index contributed by atoms with van der Waals surface area (Å²) in [6, 6.07) is 11.6. The predicted octanol–water partition coefficient (Wildman–Crippen LogP) is 3.91. The highest BCUT2D eigenvalue weighted by Gasteiger charge is 2.16. The molecule has 4 rings (SSSR count). The quantitative estimate of drug-likeness (QED) is 0.147. The van der Waals surface area contributed by atoms with Gasteiger partial charge in [-0.1, -0.05) is 11.2 Å². The zero-order valence-electron chi connectivity index (χ0n) is 18.3. The number of nitrogens with two attached hydrogens (primary N) is 1. The first-order valence-corrected chi connectivity index (χ1v) is 11.2. The molecule has 9 nitrogen and oxygen atoms in total. The number of rotatable bonds is 9. The molecule has 0 fully saturated rings. The molecular weight excluding hydrogens is 440 g/mol. The topological polar surface area (TPSA) is 128 Å². The minimum atomic E-state index is 0.000583. The van der Waals surface area contributed by atoms with Crippen molar-refractivity contribution < 1.29 is 14.7 Å². The lowest BCUT2D eigenvalue weighted by atomic mass is 10.0. The maximum atomic E-state index is 9.06. The number of pyridine rings is 1. The van der Waals surface area contributed by atoms with Crippen molar-refractivity contribution in [2.24, 2.45) is 10.9 Å². The van der Waals surface area contributed by atoms with E-state index in [2.05, 4.69) is 31.5 Å². The van der Waals surface area contributed by atoms with Gasteiger partial charge in [-0.2, -0.15) is 0 Å². The number of hydrogen-bond donors (Lipinski definition) is 3. The molecule has 0 saturated carbocycles. The lowest BCUT2D eigenvalue weighted by Crippen LogP contribution is -2.12. The molecule has 3 aromatic heterocycles. The summed E-state index contributed by atoms with van der Waals surface area (Å²) in [5, 5.41) is 16.6. The van der Waals surface area contributed by atoms with Gasteiger partial charge in [-0.15, -0.1) is 11.3 Å². The van der Waals surface area contributed by atoms with Crippen LogP contribution in [0.5, 0.6) is 11.5 Å². The summed E-state index contributed by atoms with van der Waals surface area (Å²) in [6.07, 6.45) is 4.02. The van der Waals surface area contributed by atoms with Crippen molar-refractivity contribution in [1.82, 2.24) is 15.0 Å². The number of ether oxygens (including phenoxy) is 2. The van der Waals surface area contributed by atoms with Crippen molar-refractivity contribution in [2.45, 2.75) is 13.3 Å². The summed E-state index contributed by atoms with van der Waals surface area (Å²) in [4.78, 5) is 14.5. The van der Waals surface area contributed by atoms with Crippen LogP contribution >= 0.6 is 11.3 Å². The van der Waals surface area contributed by atoms with Gasteiger partial charge in [0.05, 0.1) is 29.8 Å². The molecule has 0 atom stereocenters. The van der Waals surface area contributed by atoms with Crippen LogP contribution in [0.3, 0.4) is 0 Å². The van der Waals surface area contributed by atoms with E-state index < -0.39 is 0 Å². The maximum absolute atomic E-state index is 9.06. The van der Waals surface area contributed by atoms with Crippen LogP contribution in [0, 0.1) is 0 Å². The maximum Gasteiger partial charge on any atom is 0.184 e. The van der Waals surface area contributed by atoms with Gasteiger partial charge in [0.15, 0.2) is 5.84 Å². The van der Waals surface area contributed by atoms with Gasteiger partial charge in [-0.3, -0.25) is 4.98 Å². The standard InChI is InChI=1S/C23H24N6O3S/c1-3-32-19-12-20(33-22(19)23(24)29-30)17-11-21(28-13-27-17)26-10-8-15-14-5-4-9-25-16(14)6-7-18(15)31-2/h4-7,9,11-13,30H,3,8,10H2,1-2H3,(H2,24,29)(H,26,27,28). The first-order valence-electron chi connectivity index (χ1n) is 10.4. The number of benzene rings is 1. The molecule has 0 aliphatic heterocycles. The number of methoxy groups -OCH3 is 1. The van der Waals surface area contributed by atoms with Crippen molar-refractivity contribution in [1.29, 1.82) is 0 Å². The Labute approximate surface area is 194 Å². The second-order valence-corrected chi connectivity index (χ2v) is 8.06. The molecule has 0 bridgehead atoms. The summed E-state index contributed by atoms with van der Waals surface area (Å²) in [7, 11) is 1.67. The van der Waals surface area contributed by atoms with E-state index in [-0.39, 0.29) is 5.84 Å². The lowest BCUT2D eigenvalue weighted by molar-refractivity contribution is 0.317. The van der Waals surface area contributed by atoms with Crippen molar-refractivity contribution in [3.8, 4) is 22.1 Å². The molecule has 0 amide bonds. The molecule has 10 heteroatoms. The van der Waals surface area contributed by atoms with Crippen LogP contribution in [-0.2, 0) is 6.42 Å². The number of hydrogen-bond acceptors (Lipinski definition) is 9. The predicted molar refractivity (Wildman–Crippen MR) is 130 cm³/mol. The molecule has 33 heavy (non-hydrogen) atoms. The third-order valence-corrected chi connectivity index (χ3v) is 6.17. The summed E-state index contributed by atoms with van der Waals surface area (Å²) in [6.45, 7) is 2.98. The monoisotopic (exact) mass is 464 g/mol. The van der Waals surface area contributed by atoms with Gasteiger partial charge in [0, 0.05) is 35.8 Å². The van der Waals surface area contributed by atoms with Gasteiger partial charge in [-0.25, -0.2) is 9.97 Å². The Kier molecular flexibility index (Phi) is 6.84. The van der Waals surface area contributed by atoms with Gasteiger partial charge in [-0.05, 0) is 31.5 Å². The highest BCUT2D eigenvalue weighted by Crippen LogP contribution is 2.36. The van der Waals surface area contributed by atoms with Crippen LogP contribution < -0.4 is 20.5 Å². The normalized spacial score (nSPS) is 11.5. The fourth-order valence-electron chi connectivity index (χ4n) is 3.53. The summed E-state index contributed by atoms with van der Waals surface area (Å²) in [5.41, 5.74) is 8.53. The van der Waals surface area contributed by atoms with Gasteiger partial charge >= 0.3 is 0 Å². The first kappa shape index (κ1) is 22.3. The van der Waals surface area contributed by atoms with E-state index in [0.29, 0.717) is 35.3 Å². The number of nitrogens with one attached hydrogen (secondary N) is 1. The lowest BCUT2D eigenvalue weighted by Gasteiger charge is -2.12. The highest BCUT2D eigenvalue weighted by atomic mass is 32.1. The van der Waals surface area contributed by atoms with E-state index >= 15 is 0 Å². The van der Waals surface area contributed by atoms with E-state index in [1.807, 2.05) is 37.3 Å². The van der Waals surface area contributed by atoms with Gasteiger partial charge < -0.3 is 25.7 Å². The molecule has 0 aliphatic rings. The Hall–Kier alpha value is -3.92. The second kappa shape index (κ2) is 10.1. The average Bonchev–Trinajstić information content (AvgIpc) is 3.28. The van der Waals surface area contributed by atoms with Crippen molar-refractivity contribution in [3.05, 3.63) is 59.4 Å². The number of thiophene rings is 1. The van der Waals surface area contributed by atoms with Crippen LogP contribution in [0.15, 0.2) is 54.1 Å². The molecule has 0 aliphatic carbocycles. The zero-order chi connectivity index (χ0) is 23.2. The summed E-state index contributed by atoms with van der Waals surface area (Å²) >= 11 is 1.34. The van der Waals surface area contributed by atoms with Crippen LogP contribution in [0.2, 0.25) is 0 Å². The van der Waals surface area contributed by atoms with Crippen LogP contribution in [-0.4, -0.2) is 46.3 Å². The Morgan fingerprint density at radius 2 is 2.06 bits per heavy atom. The number of fused-ring (bicyclic) bond motifs is 1. The number of amidine groups is 1. The summed E-state index contributed by atoms with van der Waals surface area (Å²) in [5.74, 6) is 2.07. The molecule has 0 spiro atoms. The van der Waals surface area contributed by atoms with Gasteiger partial charge in [0.2, 0.25) is 0 Å². The fraction of sp³-hybridized carbons (Fsp3) is 0.217. The SMILES string of the molecule is CCOc1cc(-c2cc(NCCc3c(OC)ccc4ncccc34)ncn2)sc1/C(N)=N/O. The molecule has 4 aromatic rings. The third kappa shape index (κ3) is 4.80. The Morgan fingerprint density at radius 3 is 2.85 bits per heavy atom. The largest absolute Gasteiger partial charge is 0.496 e. The van der Waals surface area contributed by atoms with E-state index in [1.165, 1.54) is 17.7 Å². The molecule has 0 radical (unpaired) electrons. The van der Waals surface area contributed by atoms with Gasteiger partial charge in [0.1, 0.15) is 28.5 Å². The zero-order valence-corrected chi connectivity index (χ0v) is 19.1. The van der Waals surface area contributed by atoms with E-state index in [1.54, 1.807) is 13.3 Å². The second-order valence-electron chi connectivity index (χ2n) is 7.00. The van der Waals surface area contributed by atoms with Crippen molar-refractivity contribution >= 4 is 33.9 Å². The number of aromatic nitrogens is 3. The molecule has 1 aromatic carbocycles. The number of nitrogens with zero attached hydrogens (tertiary/aromatic N) is 4. The molecule has 0 saturated heterocycles. The third-order valence-electron chi connectivity index (χ3n) is 5.01. The van der Waals surface area contributed by atoms with Crippen molar-refractivity contribution in [3.63, 3.8) is 0 Å². The summed E-state index contributed by atoms with van der Waals surface area (Å²) < 4.78 is 11.2. The molecule has 0 unspecified atom stereocenters. The van der Waals surface area contributed by atoms with Crippen LogP contribution in [0.1, 0.15) is 17.4 Å². The average molecular weight is 465 g/mol. The van der Waals surface area contributed by atoms with E-state index in [4.69, 9.17) is 20.4 Å². The van der Waals surface area contributed by atoms with Crippen LogP contribution in [0.4, 0.5) is 5.82 Å². The minimum Gasteiger partial charge on any atom is -0.496 e.